The van der Waals surface area contributed by atoms with E-state index in [0.29, 0.717) is 0 Å². The summed E-state index contributed by atoms with van der Waals surface area (Å²) in [5.41, 5.74) is 3.18. The van der Waals surface area contributed by atoms with Gasteiger partial charge in [-0.15, -0.1) is 0 Å². The molecular weight excluding hydrogens is 216 g/mol. The van der Waals surface area contributed by atoms with Crippen LogP contribution in [0, 0.1) is 6.92 Å². The number of carbonyl (C=O) groups is 1. The lowest BCUT2D eigenvalue weighted by Crippen LogP contribution is -2.26. The van der Waals surface area contributed by atoms with Gasteiger partial charge >= 0.3 is 5.97 Å². The van der Waals surface area contributed by atoms with Gasteiger partial charge in [0.25, 0.3) is 0 Å². The van der Waals surface area contributed by atoms with Crippen molar-refractivity contribution >= 4 is 22.6 Å². The van der Waals surface area contributed by atoms with Crippen LogP contribution in [0.5, 0.6) is 0 Å². The van der Waals surface area contributed by atoms with E-state index in [-0.39, 0.29) is 12.5 Å². The normalized spacial score (nSPS) is 10.5. The first-order valence-electron chi connectivity index (χ1n) is 5.48. The Kier molecular flexibility index (Phi) is 3.04. The van der Waals surface area contributed by atoms with Crippen molar-refractivity contribution in [3.05, 3.63) is 30.0 Å². The first kappa shape index (κ1) is 11.5. The Hall–Kier alpha value is -1.97. The molecule has 0 aliphatic rings. The number of rotatable bonds is 3. The third kappa shape index (κ3) is 2.11. The molecule has 0 amide bonds. The van der Waals surface area contributed by atoms with E-state index >= 15 is 0 Å². The SMILES string of the molecule is COC(=O)CN(C)c1c(C)[nH]c2ccccc12. The second-order valence-electron chi connectivity index (χ2n) is 4.08. The van der Waals surface area contributed by atoms with Gasteiger partial charge in [-0.25, -0.2) is 0 Å². The molecule has 2 aromatic rings. The topological polar surface area (TPSA) is 45.3 Å². The van der Waals surface area contributed by atoms with Crippen molar-refractivity contribution in [2.45, 2.75) is 6.92 Å². The summed E-state index contributed by atoms with van der Waals surface area (Å²) in [7, 11) is 3.29. The zero-order valence-electron chi connectivity index (χ0n) is 10.3. The number of H-pyrrole nitrogens is 1. The Morgan fingerprint density at radius 3 is 2.82 bits per heavy atom. The van der Waals surface area contributed by atoms with Gasteiger partial charge in [-0.2, -0.15) is 0 Å². The summed E-state index contributed by atoms with van der Waals surface area (Å²) in [5, 5.41) is 1.12. The van der Waals surface area contributed by atoms with Crippen LogP contribution in [-0.4, -0.2) is 31.7 Å². The molecule has 2 rings (SSSR count). The molecule has 0 aliphatic carbocycles. The van der Waals surface area contributed by atoms with E-state index in [0.717, 1.165) is 22.3 Å². The molecule has 0 spiro atoms. The molecule has 0 saturated carbocycles. The molecule has 4 heteroatoms. The first-order valence-corrected chi connectivity index (χ1v) is 5.48. The number of ether oxygens (including phenoxy) is 1. The van der Waals surface area contributed by atoms with Crippen LogP contribution >= 0.6 is 0 Å². The predicted molar refractivity (Wildman–Crippen MR) is 68.3 cm³/mol. The fraction of sp³-hybridized carbons (Fsp3) is 0.308. The fourth-order valence-corrected chi connectivity index (χ4v) is 2.09. The number of aromatic nitrogens is 1. The van der Waals surface area contributed by atoms with Crippen LogP contribution < -0.4 is 4.90 Å². The van der Waals surface area contributed by atoms with Gasteiger partial charge in [0.1, 0.15) is 6.54 Å². The van der Waals surface area contributed by atoms with Crippen molar-refractivity contribution in [3.8, 4) is 0 Å². The molecule has 0 fully saturated rings. The number of hydrogen-bond donors (Lipinski definition) is 1. The van der Waals surface area contributed by atoms with Crippen LogP contribution in [0.25, 0.3) is 10.9 Å². The van der Waals surface area contributed by atoms with Gasteiger partial charge in [-0.1, -0.05) is 18.2 Å². The number of aryl methyl sites for hydroxylation is 1. The lowest BCUT2D eigenvalue weighted by Gasteiger charge is -2.17. The maximum Gasteiger partial charge on any atom is 0.325 e. The van der Waals surface area contributed by atoms with Crippen molar-refractivity contribution in [2.75, 3.05) is 25.6 Å². The zero-order valence-corrected chi connectivity index (χ0v) is 10.3. The lowest BCUT2D eigenvalue weighted by molar-refractivity contribution is -0.138. The van der Waals surface area contributed by atoms with Crippen molar-refractivity contribution in [1.29, 1.82) is 0 Å². The monoisotopic (exact) mass is 232 g/mol. The number of aromatic amines is 1. The number of carbonyl (C=O) groups excluding carboxylic acids is 1. The molecule has 1 heterocycles. The summed E-state index contributed by atoms with van der Waals surface area (Å²) < 4.78 is 4.68. The van der Waals surface area contributed by atoms with Gasteiger partial charge in [-0.3, -0.25) is 4.79 Å². The number of anilines is 1. The van der Waals surface area contributed by atoms with E-state index < -0.39 is 0 Å². The van der Waals surface area contributed by atoms with Crippen LogP contribution in [0.1, 0.15) is 5.69 Å². The third-order valence-electron chi connectivity index (χ3n) is 2.84. The number of fused-ring (bicyclic) bond motifs is 1. The Balaban J connectivity index is 2.40. The average Bonchev–Trinajstić information content (AvgIpc) is 2.64. The summed E-state index contributed by atoms with van der Waals surface area (Å²) in [6, 6.07) is 8.05. The van der Waals surface area contributed by atoms with E-state index in [2.05, 4.69) is 9.72 Å². The second kappa shape index (κ2) is 4.49. The number of esters is 1. The molecule has 0 bridgehead atoms. The smallest absolute Gasteiger partial charge is 0.325 e. The Labute approximate surface area is 100 Å². The molecule has 0 radical (unpaired) electrons. The number of methoxy groups -OCH3 is 1. The highest BCUT2D eigenvalue weighted by atomic mass is 16.5. The molecule has 0 atom stereocenters. The van der Waals surface area contributed by atoms with Crippen LogP contribution in [0.4, 0.5) is 5.69 Å². The van der Waals surface area contributed by atoms with Gasteiger partial charge in [0.2, 0.25) is 0 Å². The fourth-order valence-electron chi connectivity index (χ4n) is 2.09. The van der Waals surface area contributed by atoms with E-state index in [9.17, 15) is 4.79 Å². The van der Waals surface area contributed by atoms with Gasteiger partial charge in [0.05, 0.1) is 12.8 Å². The van der Waals surface area contributed by atoms with Gasteiger partial charge in [0.15, 0.2) is 0 Å². The highest BCUT2D eigenvalue weighted by Gasteiger charge is 2.14. The van der Waals surface area contributed by atoms with E-state index in [1.165, 1.54) is 7.11 Å². The van der Waals surface area contributed by atoms with Crippen LogP contribution in [0.3, 0.4) is 0 Å². The van der Waals surface area contributed by atoms with Gasteiger partial charge < -0.3 is 14.6 Å². The molecule has 1 N–H and O–H groups in total. The van der Waals surface area contributed by atoms with Crippen molar-refractivity contribution < 1.29 is 9.53 Å². The Morgan fingerprint density at radius 1 is 1.41 bits per heavy atom. The standard InChI is InChI=1S/C13H16N2O2/c1-9-13(15(2)8-12(16)17-3)10-6-4-5-7-11(10)14-9/h4-7,14H,8H2,1-3H3. The van der Waals surface area contributed by atoms with Gasteiger partial charge in [-0.05, 0) is 13.0 Å². The second-order valence-corrected chi connectivity index (χ2v) is 4.08. The van der Waals surface area contributed by atoms with Crippen molar-refractivity contribution in [2.24, 2.45) is 0 Å². The molecule has 17 heavy (non-hydrogen) atoms. The van der Waals surface area contributed by atoms with E-state index in [4.69, 9.17) is 0 Å². The zero-order chi connectivity index (χ0) is 12.4. The summed E-state index contributed by atoms with van der Waals surface area (Å²) in [6.45, 7) is 2.25. The third-order valence-corrected chi connectivity index (χ3v) is 2.84. The van der Waals surface area contributed by atoms with E-state index in [1.54, 1.807) is 0 Å². The molecule has 1 aromatic heterocycles. The quantitative estimate of drug-likeness (QED) is 0.824. The minimum Gasteiger partial charge on any atom is -0.468 e. The lowest BCUT2D eigenvalue weighted by atomic mass is 10.2. The Bertz CT molecular complexity index is 545. The molecular formula is C13H16N2O2. The number of hydrogen-bond acceptors (Lipinski definition) is 3. The number of para-hydroxylation sites is 1. The number of nitrogens with one attached hydrogen (secondary N) is 1. The molecule has 0 saturated heterocycles. The Morgan fingerprint density at radius 2 is 2.12 bits per heavy atom. The highest BCUT2D eigenvalue weighted by Crippen LogP contribution is 2.29. The maximum atomic E-state index is 11.3. The predicted octanol–water partition coefficient (Wildman–Crippen LogP) is 2.09. The summed E-state index contributed by atoms with van der Waals surface area (Å²) in [6.07, 6.45) is 0. The molecule has 1 aromatic carbocycles. The van der Waals surface area contributed by atoms with Crippen LogP contribution in [0.2, 0.25) is 0 Å². The number of likely N-dealkylation sites (N-methyl/N-ethyl adjacent to an activating group) is 1. The molecule has 0 aliphatic heterocycles. The minimum absolute atomic E-state index is 0.239. The van der Waals surface area contributed by atoms with Crippen LogP contribution in [-0.2, 0) is 9.53 Å². The van der Waals surface area contributed by atoms with Crippen LogP contribution in [0.15, 0.2) is 24.3 Å². The van der Waals surface area contributed by atoms with Crippen molar-refractivity contribution in [1.82, 2.24) is 4.98 Å². The number of benzene rings is 1. The molecule has 4 nitrogen and oxygen atoms in total. The summed E-state index contributed by atoms with van der Waals surface area (Å²) >= 11 is 0. The molecule has 0 unspecified atom stereocenters. The number of nitrogens with zero attached hydrogens (tertiary/aromatic N) is 1. The highest BCUT2D eigenvalue weighted by molar-refractivity contribution is 5.95. The van der Waals surface area contributed by atoms with Crippen molar-refractivity contribution in [3.63, 3.8) is 0 Å². The maximum absolute atomic E-state index is 11.3. The van der Waals surface area contributed by atoms with Gasteiger partial charge in [0, 0.05) is 23.6 Å². The largest absolute Gasteiger partial charge is 0.468 e. The minimum atomic E-state index is -0.239. The summed E-state index contributed by atoms with van der Waals surface area (Å²) in [4.78, 5) is 16.5. The first-order chi connectivity index (χ1) is 8.13. The average molecular weight is 232 g/mol. The summed E-state index contributed by atoms with van der Waals surface area (Å²) in [5.74, 6) is -0.239. The molecule has 90 valence electrons. The van der Waals surface area contributed by atoms with E-state index in [1.807, 2.05) is 43.1 Å².